The quantitative estimate of drug-likeness (QED) is 0.750. The Morgan fingerprint density at radius 3 is 2.38 bits per heavy atom. The Hall–Kier alpha value is -2.89. The Morgan fingerprint density at radius 1 is 1.08 bits per heavy atom. The monoisotopic (exact) mass is 356 g/mol. The van der Waals surface area contributed by atoms with Crippen LogP contribution in [0.15, 0.2) is 48.5 Å². The zero-order chi connectivity index (χ0) is 18.6. The zero-order valence-electron chi connectivity index (χ0n) is 14.5. The van der Waals surface area contributed by atoms with Crippen LogP contribution in [0.2, 0.25) is 0 Å². The van der Waals surface area contributed by atoms with E-state index in [1.54, 1.807) is 19.2 Å². The molecule has 2 aromatic carbocycles. The smallest absolute Gasteiger partial charge is 0.240 e. The molecule has 2 amide bonds. The summed E-state index contributed by atoms with van der Waals surface area (Å²) in [7, 11) is 1.61. The number of para-hydroxylation sites is 1. The van der Waals surface area contributed by atoms with Crippen molar-refractivity contribution in [2.45, 2.75) is 19.3 Å². The Labute approximate surface area is 151 Å². The predicted molar refractivity (Wildman–Crippen MR) is 96.4 cm³/mol. The first-order chi connectivity index (χ1) is 12.5. The molecule has 26 heavy (non-hydrogen) atoms. The normalized spacial score (nSPS) is 14.4. The van der Waals surface area contributed by atoms with Crippen molar-refractivity contribution < 1.29 is 18.7 Å². The fourth-order valence-electron chi connectivity index (χ4n) is 2.77. The third kappa shape index (κ3) is 3.85. The van der Waals surface area contributed by atoms with Crippen LogP contribution in [0.1, 0.15) is 18.4 Å². The number of rotatable bonds is 7. The second kappa shape index (κ2) is 7.56. The van der Waals surface area contributed by atoms with Gasteiger partial charge in [0, 0.05) is 6.54 Å². The van der Waals surface area contributed by atoms with E-state index in [2.05, 4.69) is 10.6 Å². The average molecular weight is 356 g/mol. The lowest BCUT2D eigenvalue weighted by molar-refractivity contribution is -0.134. The molecule has 0 atom stereocenters. The van der Waals surface area contributed by atoms with E-state index >= 15 is 0 Å². The molecule has 0 unspecified atom stereocenters. The van der Waals surface area contributed by atoms with Crippen molar-refractivity contribution in [3.63, 3.8) is 0 Å². The highest BCUT2D eigenvalue weighted by molar-refractivity contribution is 6.13. The van der Waals surface area contributed by atoms with E-state index in [0.717, 1.165) is 11.3 Å². The van der Waals surface area contributed by atoms with Crippen molar-refractivity contribution in [3.05, 3.63) is 59.9 Å². The number of benzene rings is 2. The van der Waals surface area contributed by atoms with Gasteiger partial charge in [-0.05, 0) is 49.1 Å². The molecule has 0 saturated heterocycles. The van der Waals surface area contributed by atoms with E-state index in [1.165, 1.54) is 12.1 Å². The first-order valence-corrected chi connectivity index (χ1v) is 8.52. The lowest BCUT2D eigenvalue weighted by Crippen LogP contribution is -2.40. The molecule has 6 heteroatoms. The van der Waals surface area contributed by atoms with Crippen LogP contribution in [0.3, 0.4) is 0 Å². The van der Waals surface area contributed by atoms with Crippen LogP contribution in [-0.2, 0) is 16.0 Å². The summed E-state index contributed by atoms with van der Waals surface area (Å²) in [6.45, 7) is 0.430. The Morgan fingerprint density at radius 2 is 1.77 bits per heavy atom. The second-order valence-corrected chi connectivity index (χ2v) is 6.37. The lowest BCUT2D eigenvalue weighted by atomic mass is 10.0. The Balaban J connectivity index is 1.53. The first-order valence-electron chi connectivity index (χ1n) is 8.52. The standard InChI is InChI=1S/C20H21FN2O3/c1-26-15-8-6-14(7-9-15)10-13-22-18(24)20(11-12-20)19(25)23-17-5-3-2-4-16(17)21/h2-9H,10-13H2,1H3,(H,22,24)(H,23,25). The minimum absolute atomic E-state index is 0.0924. The Kier molecular flexibility index (Phi) is 5.21. The molecule has 0 radical (unpaired) electrons. The summed E-state index contributed by atoms with van der Waals surface area (Å²) in [5, 5.41) is 5.35. The van der Waals surface area contributed by atoms with Crippen molar-refractivity contribution in [2.75, 3.05) is 19.0 Å². The molecule has 136 valence electrons. The number of carbonyl (C=O) groups excluding carboxylic acids is 2. The van der Waals surface area contributed by atoms with Gasteiger partial charge in [0.15, 0.2) is 0 Å². The number of carbonyl (C=O) groups is 2. The van der Waals surface area contributed by atoms with Crippen LogP contribution in [0.5, 0.6) is 5.75 Å². The maximum atomic E-state index is 13.7. The van der Waals surface area contributed by atoms with Crippen LogP contribution in [0.25, 0.3) is 0 Å². The predicted octanol–water partition coefficient (Wildman–Crippen LogP) is 2.91. The summed E-state index contributed by atoms with van der Waals surface area (Å²) in [6, 6.07) is 13.5. The molecule has 0 heterocycles. The second-order valence-electron chi connectivity index (χ2n) is 6.37. The number of hydrogen-bond donors (Lipinski definition) is 2. The number of amides is 2. The van der Waals surface area contributed by atoms with Gasteiger partial charge in [0.1, 0.15) is 17.0 Å². The van der Waals surface area contributed by atoms with E-state index < -0.39 is 17.1 Å². The molecular weight excluding hydrogens is 335 g/mol. The third-order valence-electron chi connectivity index (χ3n) is 4.60. The highest BCUT2D eigenvalue weighted by Crippen LogP contribution is 2.46. The van der Waals surface area contributed by atoms with E-state index in [0.29, 0.717) is 25.8 Å². The summed E-state index contributed by atoms with van der Waals surface area (Å²) >= 11 is 0. The average Bonchev–Trinajstić information content (AvgIpc) is 3.46. The van der Waals surface area contributed by atoms with Crippen LogP contribution in [0.4, 0.5) is 10.1 Å². The van der Waals surface area contributed by atoms with Gasteiger partial charge in [-0.1, -0.05) is 24.3 Å². The summed E-state index contributed by atoms with van der Waals surface area (Å²) in [5.41, 5.74) is 0.0731. The minimum atomic E-state index is -1.08. The molecule has 1 aliphatic carbocycles. The van der Waals surface area contributed by atoms with Crippen molar-refractivity contribution in [3.8, 4) is 5.75 Å². The molecule has 0 spiro atoms. The van der Waals surface area contributed by atoms with Gasteiger partial charge in [-0.15, -0.1) is 0 Å². The molecular formula is C20H21FN2O3. The molecule has 0 aliphatic heterocycles. The van der Waals surface area contributed by atoms with Crippen LogP contribution in [0, 0.1) is 11.2 Å². The highest BCUT2D eigenvalue weighted by atomic mass is 19.1. The van der Waals surface area contributed by atoms with Gasteiger partial charge in [-0.25, -0.2) is 4.39 Å². The van der Waals surface area contributed by atoms with Gasteiger partial charge >= 0.3 is 0 Å². The van der Waals surface area contributed by atoms with Crippen LogP contribution < -0.4 is 15.4 Å². The number of anilines is 1. The van der Waals surface area contributed by atoms with Gasteiger partial charge in [-0.3, -0.25) is 9.59 Å². The topological polar surface area (TPSA) is 67.4 Å². The molecule has 0 aromatic heterocycles. The van der Waals surface area contributed by atoms with Crippen molar-refractivity contribution in [1.82, 2.24) is 5.32 Å². The van der Waals surface area contributed by atoms with E-state index in [4.69, 9.17) is 4.74 Å². The number of hydrogen-bond acceptors (Lipinski definition) is 3. The van der Waals surface area contributed by atoms with E-state index in [-0.39, 0.29) is 11.6 Å². The SMILES string of the molecule is COc1ccc(CCNC(=O)C2(C(=O)Nc3ccccc3F)CC2)cc1. The van der Waals surface area contributed by atoms with Crippen molar-refractivity contribution in [2.24, 2.45) is 5.41 Å². The third-order valence-corrected chi connectivity index (χ3v) is 4.60. The number of halogens is 1. The van der Waals surface area contributed by atoms with Crippen LogP contribution >= 0.6 is 0 Å². The number of ether oxygens (including phenoxy) is 1. The molecule has 5 nitrogen and oxygen atoms in total. The minimum Gasteiger partial charge on any atom is -0.497 e. The summed E-state index contributed by atoms with van der Waals surface area (Å²) < 4.78 is 18.8. The molecule has 1 fully saturated rings. The zero-order valence-corrected chi connectivity index (χ0v) is 14.5. The van der Waals surface area contributed by atoms with Crippen molar-refractivity contribution in [1.29, 1.82) is 0 Å². The fourth-order valence-corrected chi connectivity index (χ4v) is 2.77. The van der Waals surface area contributed by atoms with E-state index in [9.17, 15) is 14.0 Å². The first kappa shape index (κ1) is 17.9. The lowest BCUT2D eigenvalue weighted by Gasteiger charge is -2.16. The summed E-state index contributed by atoms with van der Waals surface area (Å²) in [4.78, 5) is 24.9. The number of methoxy groups -OCH3 is 1. The summed E-state index contributed by atoms with van der Waals surface area (Å²) in [5.74, 6) is -0.500. The van der Waals surface area contributed by atoms with E-state index in [1.807, 2.05) is 24.3 Å². The van der Waals surface area contributed by atoms with Gasteiger partial charge in [0.2, 0.25) is 11.8 Å². The molecule has 1 aliphatic rings. The van der Waals surface area contributed by atoms with Crippen molar-refractivity contribution >= 4 is 17.5 Å². The fraction of sp³-hybridized carbons (Fsp3) is 0.300. The van der Waals surface area contributed by atoms with Gasteiger partial charge in [0.05, 0.1) is 12.8 Å². The maximum absolute atomic E-state index is 13.7. The molecule has 3 rings (SSSR count). The molecule has 2 aromatic rings. The Bertz CT molecular complexity index is 801. The largest absolute Gasteiger partial charge is 0.497 e. The summed E-state index contributed by atoms with van der Waals surface area (Å²) in [6.07, 6.45) is 1.60. The maximum Gasteiger partial charge on any atom is 0.240 e. The number of nitrogens with one attached hydrogen (secondary N) is 2. The van der Waals surface area contributed by atoms with Gasteiger partial charge < -0.3 is 15.4 Å². The molecule has 2 N–H and O–H groups in total. The highest BCUT2D eigenvalue weighted by Gasteiger charge is 2.56. The van der Waals surface area contributed by atoms with Crippen LogP contribution in [-0.4, -0.2) is 25.5 Å². The van der Waals surface area contributed by atoms with Gasteiger partial charge in [0.25, 0.3) is 0 Å². The van der Waals surface area contributed by atoms with Gasteiger partial charge in [-0.2, -0.15) is 0 Å². The molecule has 0 bridgehead atoms. The molecule has 1 saturated carbocycles.